The molecule has 2 atom stereocenters. The first kappa shape index (κ1) is 13.9. The average Bonchev–Trinajstić information content (AvgIpc) is 2.14. The molecular formula is C9H16O6. The molecule has 6 nitrogen and oxygen atoms in total. The summed E-state index contributed by atoms with van der Waals surface area (Å²) in [7, 11) is 0. The van der Waals surface area contributed by atoms with Gasteiger partial charge in [0.2, 0.25) is 0 Å². The van der Waals surface area contributed by atoms with Crippen molar-refractivity contribution in [2.45, 2.75) is 32.5 Å². The number of rotatable bonds is 6. The number of aliphatic hydroxyl groups excluding tert-OH is 2. The van der Waals surface area contributed by atoms with Gasteiger partial charge in [0.05, 0.1) is 6.61 Å². The SMILES string of the molecule is CC(C)CCOC(=O)[C@H](O)[C@@H](O)C(=O)O. The molecule has 0 aliphatic heterocycles. The number of esters is 1. The van der Waals surface area contributed by atoms with E-state index in [-0.39, 0.29) is 6.61 Å². The predicted molar refractivity (Wildman–Crippen MR) is 50.1 cm³/mol. The van der Waals surface area contributed by atoms with Gasteiger partial charge in [-0.3, -0.25) is 0 Å². The van der Waals surface area contributed by atoms with Gasteiger partial charge < -0.3 is 20.1 Å². The molecule has 0 aliphatic carbocycles. The van der Waals surface area contributed by atoms with Crippen LogP contribution < -0.4 is 0 Å². The first-order chi connectivity index (χ1) is 6.86. The van der Waals surface area contributed by atoms with E-state index in [9.17, 15) is 9.59 Å². The molecule has 15 heavy (non-hydrogen) atoms. The van der Waals surface area contributed by atoms with Crippen molar-refractivity contribution in [1.29, 1.82) is 0 Å². The van der Waals surface area contributed by atoms with E-state index in [1.54, 1.807) is 0 Å². The average molecular weight is 220 g/mol. The van der Waals surface area contributed by atoms with Gasteiger partial charge >= 0.3 is 11.9 Å². The Bertz CT molecular complexity index is 225. The summed E-state index contributed by atoms with van der Waals surface area (Å²) in [6.07, 6.45) is -3.56. The smallest absolute Gasteiger partial charge is 0.338 e. The molecule has 0 saturated heterocycles. The lowest BCUT2D eigenvalue weighted by Gasteiger charge is -2.13. The van der Waals surface area contributed by atoms with Crippen molar-refractivity contribution in [2.24, 2.45) is 5.92 Å². The predicted octanol–water partition coefficient (Wildman–Crippen LogP) is -0.618. The second-order valence-electron chi connectivity index (χ2n) is 3.58. The molecule has 0 rings (SSSR count). The molecular weight excluding hydrogens is 204 g/mol. The van der Waals surface area contributed by atoms with Gasteiger partial charge in [0.25, 0.3) is 0 Å². The summed E-state index contributed by atoms with van der Waals surface area (Å²) in [6, 6.07) is 0. The van der Waals surface area contributed by atoms with Gasteiger partial charge in [0.1, 0.15) is 0 Å². The normalized spacial score (nSPS) is 14.7. The summed E-state index contributed by atoms with van der Waals surface area (Å²) < 4.78 is 4.57. The number of aliphatic hydroxyl groups is 2. The Kier molecular flexibility index (Phi) is 5.88. The summed E-state index contributed by atoms with van der Waals surface area (Å²) in [6.45, 7) is 3.95. The van der Waals surface area contributed by atoms with Crippen molar-refractivity contribution >= 4 is 11.9 Å². The fourth-order valence-corrected chi connectivity index (χ4v) is 0.745. The number of hydrogen-bond acceptors (Lipinski definition) is 5. The molecule has 0 heterocycles. The Labute approximate surface area is 87.5 Å². The van der Waals surface area contributed by atoms with Crippen molar-refractivity contribution in [3.8, 4) is 0 Å². The molecule has 0 radical (unpaired) electrons. The van der Waals surface area contributed by atoms with Crippen LogP contribution in [0.2, 0.25) is 0 Å². The minimum absolute atomic E-state index is 0.0971. The Morgan fingerprint density at radius 2 is 1.73 bits per heavy atom. The van der Waals surface area contributed by atoms with Crippen LogP contribution in [0.4, 0.5) is 0 Å². The number of carbonyl (C=O) groups is 2. The standard InChI is InChI=1S/C9H16O6/c1-5(2)3-4-15-9(14)7(11)6(10)8(12)13/h5-7,10-11H,3-4H2,1-2H3,(H,12,13)/t6-,7-/m1/s1. The van der Waals surface area contributed by atoms with E-state index < -0.39 is 24.1 Å². The zero-order valence-electron chi connectivity index (χ0n) is 8.71. The third kappa shape index (κ3) is 5.34. The van der Waals surface area contributed by atoms with Gasteiger partial charge in [0.15, 0.2) is 12.2 Å². The molecule has 0 aromatic heterocycles. The molecule has 6 heteroatoms. The largest absolute Gasteiger partial charge is 0.479 e. The first-order valence-corrected chi connectivity index (χ1v) is 4.61. The summed E-state index contributed by atoms with van der Waals surface area (Å²) >= 11 is 0. The number of carbonyl (C=O) groups excluding carboxylic acids is 1. The van der Waals surface area contributed by atoms with Crippen molar-refractivity contribution in [3.63, 3.8) is 0 Å². The molecule has 0 fully saturated rings. The molecule has 0 saturated carbocycles. The van der Waals surface area contributed by atoms with Crippen LogP contribution in [0, 0.1) is 5.92 Å². The lowest BCUT2D eigenvalue weighted by molar-refractivity contribution is -0.170. The van der Waals surface area contributed by atoms with Crippen LogP contribution in [0.25, 0.3) is 0 Å². The molecule has 0 bridgehead atoms. The van der Waals surface area contributed by atoms with Gasteiger partial charge in [-0.25, -0.2) is 9.59 Å². The van der Waals surface area contributed by atoms with Gasteiger partial charge in [-0.2, -0.15) is 0 Å². The van der Waals surface area contributed by atoms with Crippen LogP contribution in [0.15, 0.2) is 0 Å². The number of hydrogen-bond donors (Lipinski definition) is 3. The minimum atomic E-state index is -2.14. The van der Waals surface area contributed by atoms with E-state index in [2.05, 4.69) is 4.74 Å². The Balaban J connectivity index is 3.94. The molecule has 0 unspecified atom stereocenters. The Hall–Kier alpha value is -1.14. The molecule has 88 valence electrons. The quantitative estimate of drug-likeness (QED) is 0.515. The van der Waals surface area contributed by atoms with Crippen LogP contribution in [-0.2, 0) is 14.3 Å². The van der Waals surface area contributed by atoms with E-state index in [0.717, 1.165) is 0 Å². The minimum Gasteiger partial charge on any atom is -0.479 e. The third-order valence-electron chi connectivity index (χ3n) is 1.73. The second kappa shape index (κ2) is 6.36. The number of carboxylic acids is 1. The van der Waals surface area contributed by atoms with Crippen molar-refractivity contribution < 1.29 is 29.6 Å². The Morgan fingerprint density at radius 1 is 1.20 bits per heavy atom. The Morgan fingerprint density at radius 3 is 2.13 bits per heavy atom. The highest BCUT2D eigenvalue weighted by molar-refractivity contribution is 5.84. The molecule has 0 amide bonds. The van der Waals surface area contributed by atoms with E-state index in [1.807, 2.05) is 13.8 Å². The van der Waals surface area contributed by atoms with E-state index in [0.29, 0.717) is 12.3 Å². The monoisotopic (exact) mass is 220 g/mol. The maximum absolute atomic E-state index is 11.0. The fourth-order valence-electron chi connectivity index (χ4n) is 0.745. The number of aliphatic carboxylic acids is 1. The van der Waals surface area contributed by atoms with Crippen LogP contribution in [0.5, 0.6) is 0 Å². The lowest BCUT2D eigenvalue weighted by atomic mass is 10.1. The van der Waals surface area contributed by atoms with E-state index >= 15 is 0 Å². The molecule has 0 aliphatic rings. The highest BCUT2D eigenvalue weighted by Crippen LogP contribution is 2.02. The van der Waals surface area contributed by atoms with Crippen LogP contribution in [-0.4, -0.2) is 46.1 Å². The molecule has 0 spiro atoms. The van der Waals surface area contributed by atoms with Crippen LogP contribution in [0.3, 0.4) is 0 Å². The second-order valence-corrected chi connectivity index (χ2v) is 3.58. The highest BCUT2D eigenvalue weighted by Gasteiger charge is 2.31. The van der Waals surface area contributed by atoms with Crippen LogP contribution in [0.1, 0.15) is 20.3 Å². The zero-order chi connectivity index (χ0) is 12.0. The molecule has 0 aromatic rings. The number of ether oxygens (including phenoxy) is 1. The van der Waals surface area contributed by atoms with Gasteiger partial charge in [-0.1, -0.05) is 13.8 Å². The van der Waals surface area contributed by atoms with Gasteiger partial charge in [-0.05, 0) is 12.3 Å². The molecule has 3 N–H and O–H groups in total. The topological polar surface area (TPSA) is 104 Å². The fraction of sp³-hybridized carbons (Fsp3) is 0.778. The summed E-state index contributed by atoms with van der Waals surface area (Å²) in [5, 5.41) is 26.1. The lowest BCUT2D eigenvalue weighted by Crippen LogP contribution is -2.40. The third-order valence-corrected chi connectivity index (χ3v) is 1.73. The van der Waals surface area contributed by atoms with E-state index in [1.165, 1.54) is 0 Å². The number of carboxylic acid groups (broad SMARTS) is 1. The van der Waals surface area contributed by atoms with Crippen molar-refractivity contribution in [3.05, 3.63) is 0 Å². The van der Waals surface area contributed by atoms with Crippen molar-refractivity contribution in [2.75, 3.05) is 6.61 Å². The maximum Gasteiger partial charge on any atom is 0.338 e. The van der Waals surface area contributed by atoms with E-state index in [4.69, 9.17) is 15.3 Å². The summed E-state index contributed by atoms with van der Waals surface area (Å²) in [4.78, 5) is 21.2. The van der Waals surface area contributed by atoms with Gasteiger partial charge in [-0.15, -0.1) is 0 Å². The van der Waals surface area contributed by atoms with Gasteiger partial charge in [0, 0.05) is 0 Å². The summed E-state index contributed by atoms with van der Waals surface area (Å²) in [5.74, 6) is -2.45. The highest BCUT2D eigenvalue weighted by atomic mass is 16.5. The van der Waals surface area contributed by atoms with Crippen molar-refractivity contribution in [1.82, 2.24) is 0 Å². The zero-order valence-corrected chi connectivity index (χ0v) is 8.71. The molecule has 0 aromatic carbocycles. The van der Waals surface area contributed by atoms with Crippen LogP contribution >= 0.6 is 0 Å². The first-order valence-electron chi connectivity index (χ1n) is 4.61. The summed E-state index contributed by atoms with van der Waals surface area (Å²) in [5.41, 5.74) is 0. The maximum atomic E-state index is 11.0.